The minimum atomic E-state index is -0.0148. The molecule has 1 aromatic heterocycles. The number of hydrogen-bond acceptors (Lipinski definition) is 3. The van der Waals surface area contributed by atoms with Crippen molar-refractivity contribution >= 4 is 0 Å². The van der Waals surface area contributed by atoms with Gasteiger partial charge >= 0.3 is 0 Å². The van der Waals surface area contributed by atoms with Crippen molar-refractivity contribution < 1.29 is 5.11 Å². The first-order valence-corrected chi connectivity index (χ1v) is 2.80. The van der Waals surface area contributed by atoms with Crippen LogP contribution in [0.4, 0.5) is 0 Å². The summed E-state index contributed by atoms with van der Waals surface area (Å²) in [6.45, 7) is 1.70. The van der Waals surface area contributed by atoms with Crippen LogP contribution in [0.15, 0.2) is 12.3 Å². The zero-order chi connectivity index (χ0) is 7.56. The Bertz CT molecular complexity index is 288. The Kier molecular flexibility index (Phi) is 1.55. The summed E-state index contributed by atoms with van der Waals surface area (Å²) in [5.41, 5.74) is 1.09. The van der Waals surface area contributed by atoms with Gasteiger partial charge in [-0.3, -0.25) is 0 Å². The first-order chi connectivity index (χ1) is 4.74. The van der Waals surface area contributed by atoms with E-state index in [0.717, 1.165) is 0 Å². The van der Waals surface area contributed by atoms with E-state index in [1.165, 1.54) is 6.20 Å². The molecule has 0 radical (unpaired) electrons. The summed E-state index contributed by atoms with van der Waals surface area (Å²) in [6, 6.07) is 3.51. The van der Waals surface area contributed by atoms with Crippen molar-refractivity contribution in [1.29, 1.82) is 5.26 Å². The smallest absolute Gasteiger partial charge is 0.213 e. The molecule has 1 rings (SSSR count). The van der Waals surface area contributed by atoms with E-state index >= 15 is 0 Å². The lowest BCUT2D eigenvalue weighted by atomic mass is 10.2. The molecule has 0 aliphatic heterocycles. The molecule has 1 aromatic rings. The molecular formula is C7H6N2O. The molecule has 0 fully saturated rings. The number of nitriles is 1. The lowest BCUT2D eigenvalue weighted by molar-refractivity contribution is 0.449. The van der Waals surface area contributed by atoms with E-state index in [-0.39, 0.29) is 5.88 Å². The molecule has 0 saturated heterocycles. The van der Waals surface area contributed by atoms with Gasteiger partial charge in [0.2, 0.25) is 5.88 Å². The SMILES string of the molecule is Cc1cc(C#N)cnc1O. The quantitative estimate of drug-likeness (QED) is 0.575. The van der Waals surface area contributed by atoms with Gasteiger partial charge in [-0.25, -0.2) is 4.98 Å². The highest BCUT2D eigenvalue weighted by Gasteiger charge is 1.96. The van der Waals surface area contributed by atoms with Crippen LogP contribution in [0.25, 0.3) is 0 Å². The van der Waals surface area contributed by atoms with Crippen LogP contribution in [0, 0.1) is 18.3 Å². The zero-order valence-corrected chi connectivity index (χ0v) is 5.50. The van der Waals surface area contributed by atoms with Gasteiger partial charge in [0, 0.05) is 11.8 Å². The highest BCUT2D eigenvalue weighted by atomic mass is 16.3. The molecule has 10 heavy (non-hydrogen) atoms. The van der Waals surface area contributed by atoms with Crippen molar-refractivity contribution in [3.8, 4) is 11.9 Å². The molecule has 0 aliphatic carbocycles. The molecule has 1 heterocycles. The minimum Gasteiger partial charge on any atom is -0.493 e. The summed E-state index contributed by atoms with van der Waals surface area (Å²) in [7, 11) is 0. The summed E-state index contributed by atoms with van der Waals surface area (Å²) in [6.07, 6.45) is 1.34. The molecule has 50 valence electrons. The Hall–Kier alpha value is -1.56. The molecule has 0 aromatic carbocycles. The van der Waals surface area contributed by atoms with Crippen molar-refractivity contribution in [3.05, 3.63) is 23.4 Å². The minimum absolute atomic E-state index is 0.0148. The van der Waals surface area contributed by atoms with Crippen LogP contribution in [0.5, 0.6) is 5.88 Å². The van der Waals surface area contributed by atoms with Crippen LogP contribution in [0.3, 0.4) is 0 Å². The monoisotopic (exact) mass is 134 g/mol. The predicted octanol–water partition coefficient (Wildman–Crippen LogP) is 0.967. The number of pyridine rings is 1. The van der Waals surface area contributed by atoms with Gasteiger partial charge in [0.1, 0.15) is 6.07 Å². The van der Waals surface area contributed by atoms with E-state index in [1.54, 1.807) is 13.0 Å². The van der Waals surface area contributed by atoms with Crippen molar-refractivity contribution in [2.45, 2.75) is 6.92 Å². The number of rotatable bonds is 0. The second-order valence-electron chi connectivity index (χ2n) is 1.98. The number of aryl methyl sites for hydroxylation is 1. The van der Waals surface area contributed by atoms with E-state index in [0.29, 0.717) is 11.1 Å². The second-order valence-corrected chi connectivity index (χ2v) is 1.98. The topological polar surface area (TPSA) is 56.9 Å². The average molecular weight is 134 g/mol. The maximum absolute atomic E-state index is 8.92. The third kappa shape index (κ3) is 1.06. The molecule has 0 spiro atoms. The van der Waals surface area contributed by atoms with E-state index in [2.05, 4.69) is 4.98 Å². The number of nitrogens with zero attached hydrogens (tertiary/aromatic N) is 2. The molecule has 0 atom stereocenters. The van der Waals surface area contributed by atoms with E-state index in [9.17, 15) is 0 Å². The molecule has 3 heteroatoms. The molecule has 0 unspecified atom stereocenters. The lowest BCUT2D eigenvalue weighted by Gasteiger charge is -1.94. The average Bonchev–Trinajstić information content (AvgIpc) is 1.95. The summed E-state index contributed by atoms with van der Waals surface area (Å²) < 4.78 is 0. The molecule has 0 aliphatic rings. The maximum Gasteiger partial charge on any atom is 0.213 e. The Balaban J connectivity index is 3.20. The van der Waals surface area contributed by atoms with Crippen molar-refractivity contribution in [2.24, 2.45) is 0 Å². The fraction of sp³-hybridized carbons (Fsp3) is 0.143. The van der Waals surface area contributed by atoms with E-state index < -0.39 is 0 Å². The van der Waals surface area contributed by atoms with Gasteiger partial charge in [0.05, 0.1) is 5.56 Å². The first-order valence-electron chi connectivity index (χ1n) is 2.80. The van der Waals surface area contributed by atoms with Crippen LogP contribution in [0.2, 0.25) is 0 Å². The van der Waals surface area contributed by atoms with E-state index in [1.807, 2.05) is 6.07 Å². The fourth-order valence-corrected chi connectivity index (χ4v) is 0.629. The number of aromatic hydroxyl groups is 1. The molecule has 3 nitrogen and oxygen atoms in total. The normalized spacial score (nSPS) is 8.80. The van der Waals surface area contributed by atoms with Crippen LogP contribution in [-0.4, -0.2) is 10.1 Å². The summed E-state index contributed by atoms with van der Waals surface area (Å²) in [5.74, 6) is -0.0148. The van der Waals surface area contributed by atoms with Crippen LogP contribution < -0.4 is 0 Å². The van der Waals surface area contributed by atoms with Gasteiger partial charge < -0.3 is 5.11 Å². The fourth-order valence-electron chi connectivity index (χ4n) is 0.629. The maximum atomic E-state index is 8.92. The third-order valence-corrected chi connectivity index (χ3v) is 1.18. The highest BCUT2D eigenvalue weighted by molar-refractivity contribution is 5.34. The second kappa shape index (κ2) is 2.36. The van der Waals surface area contributed by atoms with Crippen molar-refractivity contribution in [3.63, 3.8) is 0 Å². The van der Waals surface area contributed by atoms with Crippen LogP contribution in [0.1, 0.15) is 11.1 Å². The molecule has 0 bridgehead atoms. The Labute approximate surface area is 58.6 Å². The van der Waals surface area contributed by atoms with Gasteiger partial charge in [-0.1, -0.05) is 0 Å². The van der Waals surface area contributed by atoms with Gasteiger partial charge in [0.15, 0.2) is 0 Å². The van der Waals surface area contributed by atoms with Crippen LogP contribution in [-0.2, 0) is 0 Å². The lowest BCUT2D eigenvalue weighted by Crippen LogP contribution is -1.82. The zero-order valence-electron chi connectivity index (χ0n) is 5.50. The summed E-state index contributed by atoms with van der Waals surface area (Å²) in [4.78, 5) is 3.58. The highest BCUT2D eigenvalue weighted by Crippen LogP contribution is 2.11. The van der Waals surface area contributed by atoms with Gasteiger partial charge in [-0.05, 0) is 13.0 Å². The van der Waals surface area contributed by atoms with Crippen molar-refractivity contribution in [2.75, 3.05) is 0 Å². The van der Waals surface area contributed by atoms with Gasteiger partial charge in [-0.2, -0.15) is 5.26 Å². The number of hydrogen-bond donors (Lipinski definition) is 1. The molecule has 0 saturated carbocycles. The summed E-state index contributed by atoms with van der Waals surface area (Å²) >= 11 is 0. The third-order valence-electron chi connectivity index (χ3n) is 1.18. The molecular weight excluding hydrogens is 128 g/mol. The molecule has 1 N–H and O–H groups in total. The summed E-state index contributed by atoms with van der Waals surface area (Å²) in [5, 5.41) is 17.3. The molecule has 0 amide bonds. The number of aromatic nitrogens is 1. The van der Waals surface area contributed by atoms with Crippen LogP contribution >= 0.6 is 0 Å². The Morgan fingerprint density at radius 3 is 2.90 bits per heavy atom. The Morgan fingerprint density at radius 1 is 1.70 bits per heavy atom. The largest absolute Gasteiger partial charge is 0.493 e. The van der Waals surface area contributed by atoms with Gasteiger partial charge in [0.25, 0.3) is 0 Å². The van der Waals surface area contributed by atoms with Gasteiger partial charge in [-0.15, -0.1) is 0 Å². The predicted molar refractivity (Wildman–Crippen MR) is 35.4 cm³/mol. The standard InChI is InChI=1S/C7H6N2O/c1-5-2-6(3-8)4-9-7(5)10/h2,4H,1H3,(H,9,10). The van der Waals surface area contributed by atoms with Crippen molar-refractivity contribution in [1.82, 2.24) is 4.98 Å². The van der Waals surface area contributed by atoms with E-state index in [4.69, 9.17) is 10.4 Å². The first kappa shape index (κ1) is 6.56. The Morgan fingerprint density at radius 2 is 2.40 bits per heavy atom.